The van der Waals surface area contributed by atoms with E-state index in [4.69, 9.17) is 23.7 Å². The monoisotopic (exact) mass is 382 g/mol. The van der Waals surface area contributed by atoms with E-state index in [2.05, 4.69) is 0 Å². The van der Waals surface area contributed by atoms with Crippen LogP contribution >= 0.6 is 0 Å². The molecular weight excluding hydrogens is 360 g/mol. The number of carbonyl (C=O) groups excluding carboxylic acids is 4. The predicted octanol–water partition coefficient (Wildman–Crippen LogP) is 0.607. The van der Waals surface area contributed by atoms with Crippen molar-refractivity contribution >= 4 is 23.9 Å². The molecule has 0 aromatic carbocycles. The van der Waals surface area contributed by atoms with E-state index in [0.717, 1.165) is 0 Å². The summed E-state index contributed by atoms with van der Waals surface area (Å²) in [5.41, 5.74) is 0. The Bertz CT molecular complexity index is 666. The van der Waals surface area contributed by atoms with Crippen LogP contribution in [0.5, 0.6) is 0 Å². The average Bonchev–Trinajstić information content (AvgIpc) is 3.31. The van der Waals surface area contributed by atoms with Gasteiger partial charge in [0.05, 0.1) is 0 Å². The molecule has 0 amide bonds. The van der Waals surface area contributed by atoms with Crippen molar-refractivity contribution in [2.75, 3.05) is 0 Å². The summed E-state index contributed by atoms with van der Waals surface area (Å²) < 4.78 is 26.0. The molecule has 0 bridgehead atoms. The summed E-state index contributed by atoms with van der Waals surface area (Å²) in [5, 5.41) is 0. The van der Waals surface area contributed by atoms with Gasteiger partial charge in [0, 0.05) is 26.8 Å². The molecule has 0 unspecified atom stereocenters. The van der Waals surface area contributed by atoms with E-state index in [1.807, 2.05) is 0 Å². The van der Waals surface area contributed by atoms with Crippen LogP contribution < -0.4 is 0 Å². The summed E-state index contributed by atoms with van der Waals surface area (Å²) in [7, 11) is 0. The molecule has 2 heterocycles. The number of cyclic esters (lactones) is 1. The van der Waals surface area contributed by atoms with E-state index in [-0.39, 0.29) is 0 Å². The highest BCUT2D eigenvalue weighted by molar-refractivity contribution is 5.83. The highest BCUT2D eigenvalue weighted by Gasteiger charge is 2.50. The van der Waals surface area contributed by atoms with E-state index in [1.54, 1.807) is 19.1 Å². The topological polar surface area (TPSA) is 118 Å². The van der Waals surface area contributed by atoms with Crippen LogP contribution in [-0.4, -0.2) is 60.5 Å². The van der Waals surface area contributed by atoms with Crippen molar-refractivity contribution in [1.82, 2.24) is 0 Å². The van der Waals surface area contributed by atoms with Gasteiger partial charge in [0.2, 0.25) is 0 Å². The normalized spacial score (nSPS) is 28.8. The third kappa shape index (κ3) is 6.21. The molecule has 0 aromatic heterocycles. The molecule has 2 rings (SSSR count). The number of carbonyl (C=O) groups is 4. The first kappa shape index (κ1) is 20.6. The Morgan fingerprint density at radius 3 is 2.33 bits per heavy atom. The lowest BCUT2D eigenvalue weighted by molar-refractivity contribution is -0.163. The van der Waals surface area contributed by atoms with Gasteiger partial charge in [-0.3, -0.25) is 14.4 Å². The van der Waals surface area contributed by atoms with E-state index in [9.17, 15) is 19.2 Å². The lowest BCUT2D eigenvalue weighted by Crippen LogP contribution is -2.40. The molecule has 1 fully saturated rings. The zero-order chi connectivity index (χ0) is 20.1. The zero-order valence-corrected chi connectivity index (χ0v) is 15.4. The highest BCUT2D eigenvalue weighted by Crippen LogP contribution is 2.33. The molecule has 0 radical (unpaired) electrons. The third-order valence-corrected chi connectivity index (χ3v) is 3.79. The van der Waals surface area contributed by atoms with Crippen molar-refractivity contribution in [2.45, 2.75) is 64.3 Å². The van der Waals surface area contributed by atoms with Crippen LogP contribution in [-0.2, 0) is 42.9 Å². The number of ether oxygens (including phenoxy) is 5. The predicted molar refractivity (Wildman–Crippen MR) is 89.2 cm³/mol. The van der Waals surface area contributed by atoms with Crippen LogP contribution in [0.4, 0.5) is 0 Å². The van der Waals surface area contributed by atoms with E-state index in [0.29, 0.717) is 0 Å². The van der Waals surface area contributed by atoms with Gasteiger partial charge in [0.25, 0.3) is 0 Å². The minimum atomic E-state index is -0.797. The largest absolute Gasteiger partial charge is 0.459 e. The van der Waals surface area contributed by atoms with E-state index in [1.165, 1.54) is 32.9 Å². The molecule has 1 saturated heterocycles. The first-order valence-electron chi connectivity index (χ1n) is 8.41. The van der Waals surface area contributed by atoms with Crippen molar-refractivity contribution in [1.29, 1.82) is 0 Å². The zero-order valence-electron chi connectivity index (χ0n) is 15.4. The van der Waals surface area contributed by atoms with Crippen LogP contribution in [0, 0.1) is 0 Å². The highest BCUT2D eigenvalue weighted by atomic mass is 16.6. The number of esters is 4. The molecule has 27 heavy (non-hydrogen) atoms. The number of hydrogen-bond donors (Lipinski definition) is 0. The van der Waals surface area contributed by atoms with Gasteiger partial charge in [-0.15, -0.1) is 0 Å². The minimum Gasteiger partial charge on any atom is -0.459 e. The standard InChI is InChI=1S/C18H22O9/c1-9(23-10(2)19)13(24-11(3)20)5-6-15-17(26-15)18-14(25-12(4)21)7-8-16(22)27-18/h5-9,13-15,17-18H,1-4H3/b6-5+/t9-,13-,14-,15-,17-,18+/m0/s1. The Morgan fingerprint density at radius 2 is 1.74 bits per heavy atom. The molecule has 148 valence electrons. The van der Waals surface area contributed by atoms with Crippen LogP contribution in [0.3, 0.4) is 0 Å². The van der Waals surface area contributed by atoms with Gasteiger partial charge in [-0.05, 0) is 19.1 Å². The van der Waals surface area contributed by atoms with Crippen LogP contribution in [0.15, 0.2) is 24.3 Å². The fourth-order valence-corrected chi connectivity index (χ4v) is 2.66. The molecule has 6 atom stereocenters. The number of hydrogen-bond acceptors (Lipinski definition) is 9. The van der Waals surface area contributed by atoms with Crippen LogP contribution in [0.2, 0.25) is 0 Å². The Hall–Kier alpha value is -2.68. The van der Waals surface area contributed by atoms with Crippen molar-refractivity contribution < 1.29 is 42.9 Å². The number of epoxide rings is 1. The van der Waals surface area contributed by atoms with E-state index < -0.39 is 60.5 Å². The van der Waals surface area contributed by atoms with Gasteiger partial charge in [0.1, 0.15) is 18.3 Å². The Labute approximate surface area is 156 Å². The molecule has 0 N–H and O–H groups in total. The summed E-state index contributed by atoms with van der Waals surface area (Å²) in [6.07, 6.45) is 1.84. The second kappa shape index (κ2) is 8.81. The fourth-order valence-electron chi connectivity index (χ4n) is 2.66. The van der Waals surface area contributed by atoms with Crippen LogP contribution in [0.1, 0.15) is 27.7 Å². The van der Waals surface area contributed by atoms with Gasteiger partial charge < -0.3 is 23.7 Å². The maximum atomic E-state index is 11.5. The van der Waals surface area contributed by atoms with Crippen molar-refractivity contribution in [3.8, 4) is 0 Å². The Kier molecular flexibility index (Phi) is 6.73. The molecule has 2 aliphatic rings. The SMILES string of the molecule is CC(=O)O[C@@H](C)[C@H](/C=C/[C@@H]1O[C@@H]1[C@@H]1OC(=O)C=C[C@@H]1OC(C)=O)OC(C)=O. The van der Waals surface area contributed by atoms with Gasteiger partial charge in [-0.1, -0.05) is 6.08 Å². The molecule has 0 spiro atoms. The van der Waals surface area contributed by atoms with Crippen molar-refractivity contribution in [3.63, 3.8) is 0 Å². The van der Waals surface area contributed by atoms with E-state index >= 15 is 0 Å². The summed E-state index contributed by atoms with van der Waals surface area (Å²) >= 11 is 0. The molecule has 0 saturated carbocycles. The van der Waals surface area contributed by atoms with Gasteiger partial charge in [-0.25, -0.2) is 4.79 Å². The smallest absolute Gasteiger partial charge is 0.331 e. The molecular formula is C18H22O9. The van der Waals surface area contributed by atoms with Gasteiger partial charge in [0.15, 0.2) is 18.3 Å². The summed E-state index contributed by atoms with van der Waals surface area (Å²) in [6, 6.07) is 0. The lowest BCUT2D eigenvalue weighted by atomic mass is 10.0. The molecule has 0 aliphatic carbocycles. The second-order valence-electron chi connectivity index (χ2n) is 6.17. The molecule has 9 heteroatoms. The number of rotatable bonds is 7. The molecule has 2 aliphatic heterocycles. The maximum absolute atomic E-state index is 11.5. The van der Waals surface area contributed by atoms with Crippen LogP contribution in [0.25, 0.3) is 0 Å². The summed E-state index contributed by atoms with van der Waals surface area (Å²) in [4.78, 5) is 45.1. The van der Waals surface area contributed by atoms with Gasteiger partial charge >= 0.3 is 23.9 Å². The van der Waals surface area contributed by atoms with Gasteiger partial charge in [-0.2, -0.15) is 0 Å². The van der Waals surface area contributed by atoms with Crippen molar-refractivity contribution in [2.24, 2.45) is 0 Å². The van der Waals surface area contributed by atoms with Crippen molar-refractivity contribution in [3.05, 3.63) is 24.3 Å². The summed E-state index contributed by atoms with van der Waals surface area (Å²) in [6.45, 7) is 5.35. The summed E-state index contributed by atoms with van der Waals surface area (Å²) in [5.74, 6) is -2.09. The molecule has 9 nitrogen and oxygen atoms in total. The average molecular weight is 382 g/mol. The first-order chi connectivity index (χ1) is 12.7. The minimum absolute atomic E-state index is 0.435. The third-order valence-electron chi connectivity index (χ3n) is 3.79. The second-order valence-corrected chi connectivity index (χ2v) is 6.17. The Morgan fingerprint density at radius 1 is 1.07 bits per heavy atom. The quantitative estimate of drug-likeness (QED) is 0.270. The lowest BCUT2D eigenvalue weighted by Gasteiger charge is -2.25. The first-order valence-corrected chi connectivity index (χ1v) is 8.41. The fraction of sp³-hybridized carbons (Fsp3) is 0.556. The Balaban J connectivity index is 2.01. The molecule has 0 aromatic rings. The maximum Gasteiger partial charge on any atom is 0.331 e.